The van der Waals surface area contributed by atoms with E-state index in [0.29, 0.717) is 6.42 Å². The molecule has 206 valence electrons. The number of amides is 1. The summed E-state index contributed by atoms with van der Waals surface area (Å²) in [5.41, 5.74) is 3.48. The van der Waals surface area contributed by atoms with Crippen molar-refractivity contribution in [2.24, 2.45) is 0 Å². The molecule has 7 nitrogen and oxygen atoms in total. The Bertz CT molecular complexity index is 1280. The molecule has 1 heterocycles. The van der Waals surface area contributed by atoms with Crippen molar-refractivity contribution in [1.29, 1.82) is 0 Å². The highest BCUT2D eigenvalue weighted by Crippen LogP contribution is 2.38. The average Bonchev–Trinajstić information content (AvgIpc) is 2.91. The second kappa shape index (κ2) is 13.0. The Morgan fingerprint density at radius 1 is 0.872 bits per heavy atom. The summed E-state index contributed by atoms with van der Waals surface area (Å²) in [5.74, 6) is -1.30. The van der Waals surface area contributed by atoms with Crippen LogP contribution in [0, 0.1) is 0 Å². The first-order chi connectivity index (χ1) is 18.4. The van der Waals surface area contributed by atoms with E-state index in [1.165, 1.54) is 19.2 Å². The predicted molar refractivity (Wildman–Crippen MR) is 155 cm³/mol. The summed E-state index contributed by atoms with van der Waals surface area (Å²) in [5, 5.41) is 2.68. The lowest BCUT2D eigenvalue weighted by Crippen LogP contribution is -2.45. The lowest BCUT2D eigenvalue weighted by Gasteiger charge is -2.39. The van der Waals surface area contributed by atoms with Gasteiger partial charge in [-0.3, -0.25) is 9.59 Å². The number of methoxy groups -OCH3 is 1. The Kier molecular flexibility index (Phi) is 9.94. The van der Waals surface area contributed by atoms with Gasteiger partial charge in [0.1, 0.15) is 11.4 Å². The van der Waals surface area contributed by atoms with Gasteiger partial charge in [0, 0.05) is 0 Å². The van der Waals surface area contributed by atoms with Gasteiger partial charge in [-0.25, -0.2) is 9.78 Å². The number of carbonyl (C=O) groups is 3. The van der Waals surface area contributed by atoms with E-state index in [9.17, 15) is 14.4 Å². The van der Waals surface area contributed by atoms with Crippen molar-refractivity contribution < 1.29 is 23.5 Å². The molecule has 1 N–H and O–H groups in total. The summed E-state index contributed by atoms with van der Waals surface area (Å²) < 4.78 is 11.3. The Balaban J connectivity index is 1.69. The molecule has 0 saturated heterocycles. The van der Waals surface area contributed by atoms with Gasteiger partial charge < -0.3 is 14.5 Å². The first kappa shape index (κ1) is 29.9. The highest BCUT2D eigenvalue weighted by atomic mass is 28.4. The standard InChI is InChI=1S/C31H38N2O5Si/c1-31(2,3)39(5,6)38-25(19-22-15-17-24(18-16-22)23-11-8-7-9-12-23)20-29(35)32-21-28(34)26-13-10-14-27(33-26)30(36)37-4/h7-18,25H,19-21H2,1-6H3,(H,32,35). The van der Waals surface area contributed by atoms with E-state index in [4.69, 9.17) is 4.43 Å². The van der Waals surface area contributed by atoms with Gasteiger partial charge in [-0.1, -0.05) is 81.4 Å². The molecule has 39 heavy (non-hydrogen) atoms. The van der Waals surface area contributed by atoms with Crippen LogP contribution in [0.15, 0.2) is 72.8 Å². The smallest absolute Gasteiger partial charge is 0.356 e. The number of hydrogen-bond donors (Lipinski definition) is 1. The van der Waals surface area contributed by atoms with Crippen LogP contribution in [-0.4, -0.2) is 50.7 Å². The molecule has 1 atom stereocenters. The third kappa shape index (κ3) is 8.43. The fraction of sp³-hybridized carbons (Fsp3) is 0.355. The molecule has 0 bridgehead atoms. The van der Waals surface area contributed by atoms with Crippen LogP contribution >= 0.6 is 0 Å². The van der Waals surface area contributed by atoms with Crippen LogP contribution < -0.4 is 5.32 Å². The van der Waals surface area contributed by atoms with Crippen molar-refractivity contribution in [3.05, 3.63) is 89.7 Å². The van der Waals surface area contributed by atoms with Gasteiger partial charge >= 0.3 is 5.97 Å². The van der Waals surface area contributed by atoms with E-state index in [-0.39, 0.29) is 41.4 Å². The van der Waals surface area contributed by atoms with E-state index in [0.717, 1.165) is 16.7 Å². The molecule has 1 amide bonds. The van der Waals surface area contributed by atoms with Crippen molar-refractivity contribution >= 4 is 26.0 Å². The second-order valence-corrected chi connectivity index (χ2v) is 15.8. The topological polar surface area (TPSA) is 94.6 Å². The number of Topliss-reactive ketones (excluding diaryl/α,β-unsaturated/α-hetero) is 1. The molecule has 0 spiro atoms. The van der Waals surface area contributed by atoms with E-state index < -0.39 is 20.1 Å². The SMILES string of the molecule is COC(=O)c1cccc(C(=O)CNC(=O)CC(Cc2ccc(-c3ccccc3)cc2)O[Si](C)(C)C(C)(C)C)n1. The Hall–Kier alpha value is -3.62. The van der Waals surface area contributed by atoms with E-state index in [1.807, 2.05) is 18.2 Å². The van der Waals surface area contributed by atoms with Crippen LogP contribution in [0.4, 0.5) is 0 Å². The van der Waals surface area contributed by atoms with E-state index in [2.05, 4.69) is 85.3 Å². The molecule has 3 aromatic rings. The number of ether oxygens (including phenoxy) is 1. The largest absolute Gasteiger partial charge is 0.464 e. The zero-order valence-electron chi connectivity index (χ0n) is 23.6. The third-order valence-corrected chi connectivity index (χ3v) is 11.6. The minimum absolute atomic E-state index is 0.0226. The molecule has 0 aliphatic heterocycles. The predicted octanol–water partition coefficient (Wildman–Crippen LogP) is 5.86. The van der Waals surface area contributed by atoms with Crippen LogP contribution in [0.5, 0.6) is 0 Å². The molecule has 8 heteroatoms. The van der Waals surface area contributed by atoms with Crippen LogP contribution in [0.3, 0.4) is 0 Å². The molecule has 0 aliphatic carbocycles. The van der Waals surface area contributed by atoms with E-state index >= 15 is 0 Å². The number of nitrogens with one attached hydrogen (secondary N) is 1. The van der Waals surface area contributed by atoms with Gasteiger partial charge in [-0.15, -0.1) is 0 Å². The number of benzene rings is 2. The number of carbonyl (C=O) groups excluding carboxylic acids is 3. The molecule has 1 unspecified atom stereocenters. The first-order valence-corrected chi connectivity index (χ1v) is 16.0. The number of pyridine rings is 1. The molecule has 3 rings (SSSR count). The van der Waals surface area contributed by atoms with Gasteiger partial charge in [0.2, 0.25) is 5.91 Å². The molecule has 0 aliphatic rings. The van der Waals surface area contributed by atoms with Gasteiger partial charge in [-0.05, 0) is 53.4 Å². The van der Waals surface area contributed by atoms with Crippen molar-refractivity contribution in [2.45, 2.75) is 57.8 Å². The Morgan fingerprint density at radius 3 is 2.10 bits per heavy atom. The van der Waals surface area contributed by atoms with Gasteiger partial charge in [-0.2, -0.15) is 0 Å². The fourth-order valence-corrected chi connectivity index (χ4v) is 5.19. The monoisotopic (exact) mass is 546 g/mol. The van der Waals surface area contributed by atoms with Crippen LogP contribution in [0.2, 0.25) is 18.1 Å². The van der Waals surface area contributed by atoms with Crippen LogP contribution in [0.1, 0.15) is 53.7 Å². The number of hydrogen-bond acceptors (Lipinski definition) is 6. The van der Waals surface area contributed by atoms with Crippen molar-refractivity contribution in [3.8, 4) is 11.1 Å². The van der Waals surface area contributed by atoms with Gasteiger partial charge in [0.15, 0.2) is 14.1 Å². The van der Waals surface area contributed by atoms with Crippen LogP contribution in [-0.2, 0) is 20.4 Å². The average molecular weight is 547 g/mol. The Labute approximate surface area is 232 Å². The van der Waals surface area contributed by atoms with Gasteiger partial charge in [0.05, 0.1) is 26.2 Å². The summed E-state index contributed by atoms with van der Waals surface area (Å²) >= 11 is 0. The zero-order valence-corrected chi connectivity index (χ0v) is 24.6. The molecular weight excluding hydrogens is 508 g/mol. The van der Waals surface area contributed by atoms with Crippen molar-refractivity contribution in [3.63, 3.8) is 0 Å². The fourth-order valence-electron chi connectivity index (χ4n) is 3.83. The summed E-state index contributed by atoms with van der Waals surface area (Å²) in [4.78, 5) is 41.4. The second-order valence-electron chi connectivity index (χ2n) is 11.1. The number of ketones is 1. The summed E-state index contributed by atoms with van der Waals surface area (Å²) in [6.45, 7) is 10.6. The minimum atomic E-state index is -2.17. The zero-order chi connectivity index (χ0) is 28.6. The highest BCUT2D eigenvalue weighted by molar-refractivity contribution is 6.74. The normalized spacial score (nSPS) is 12.5. The number of esters is 1. The lowest BCUT2D eigenvalue weighted by molar-refractivity contribution is -0.122. The maximum absolute atomic E-state index is 13.0. The van der Waals surface area contributed by atoms with Crippen LogP contribution in [0.25, 0.3) is 11.1 Å². The minimum Gasteiger partial charge on any atom is -0.464 e. The molecule has 2 aromatic carbocycles. The maximum atomic E-state index is 13.0. The Morgan fingerprint density at radius 2 is 1.49 bits per heavy atom. The molecule has 0 fully saturated rings. The van der Waals surface area contributed by atoms with Crippen molar-refractivity contribution in [2.75, 3.05) is 13.7 Å². The molecule has 0 radical (unpaired) electrons. The molecule has 0 saturated carbocycles. The summed E-state index contributed by atoms with van der Waals surface area (Å²) in [6, 6.07) is 23.0. The first-order valence-electron chi connectivity index (χ1n) is 13.1. The van der Waals surface area contributed by atoms with E-state index in [1.54, 1.807) is 6.07 Å². The number of nitrogens with zero attached hydrogens (tertiary/aromatic N) is 1. The maximum Gasteiger partial charge on any atom is 0.356 e. The number of aromatic nitrogens is 1. The quantitative estimate of drug-likeness (QED) is 0.184. The van der Waals surface area contributed by atoms with Gasteiger partial charge in [0.25, 0.3) is 0 Å². The third-order valence-electron chi connectivity index (χ3n) is 7.08. The lowest BCUT2D eigenvalue weighted by atomic mass is 10.0. The summed E-state index contributed by atoms with van der Waals surface area (Å²) in [7, 11) is -0.922. The highest BCUT2D eigenvalue weighted by Gasteiger charge is 2.39. The molecular formula is C31H38N2O5Si. The van der Waals surface area contributed by atoms with Crippen molar-refractivity contribution in [1.82, 2.24) is 10.3 Å². The summed E-state index contributed by atoms with van der Waals surface area (Å²) in [6.07, 6.45) is 0.353. The number of rotatable bonds is 11. The molecule has 1 aromatic heterocycles.